The number of nitrogens with two attached hydrogens (primary N) is 1. The number of amides is 1. The lowest BCUT2D eigenvalue weighted by molar-refractivity contribution is 0.0685. The van der Waals surface area contributed by atoms with Gasteiger partial charge in [0.05, 0.1) is 25.0 Å². The molecule has 1 aliphatic heterocycles. The smallest absolute Gasteiger partial charge is 0.259 e. The Morgan fingerprint density at radius 3 is 2.87 bits per heavy atom. The quantitative estimate of drug-likeness (QED) is 0.887. The number of carbonyl (C=O) groups is 1. The van der Waals surface area contributed by atoms with Crippen molar-refractivity contribution in [3.05, 3.63) is 35.8 Å². The van der Waals surface area contributed by atoms with Gasteiger partial charge in [-0.2, -0.15) is 0 Å². The lowest BCUT2D eigenvalue weighted by Gasteiger charge is -2.32. The fraction of sp³-hybridized carbons (Fsp3) is 0.467. The van der Waals surface area contributed by atoms with Gasteiger partial charge in [0.2, 0.25) is 5.88 Å². The van der Waals surface area contributed by atoms with Gasteiger partial charge in [-0.1, -0.05) is 5.21 Å². The van der Waals surface area contributed by atoms with E-state index in [1.165, 1.54) is 7.11 Å². The average molecular weight is 316 g/mol. The minimum atomic E-state index is -0.0466. The number of likely N-dealkylation sites (tertiary alicyclic amines) is 1. The van der Waals surface area contributed by atoms with Crippen molar-refractivity contribution in [3.8, 4) is 5.88 Å². The van der Waals surface area contributed by atoms with Gasteiger partial charge in [0, 0.05) is 25.8 Å². The van der Waals surface area contributed by atoms with Crippen LogP contribution in [0.15, 0.2) is 24.5 Å². The van der Waals surface area contributed by atoms with Crippen LogP contribution < -0.4 is 10.5 Å². The van der Waals surface area contributed by atoms with E-state index in [4.69, 9.17) is 10.5 Å². The van der Waals surface area contributed by atoms with Crippen LogP contribution in [-0.2, 0) is 6.54 Å². The van der Waals surface area contributed by atoms with Crippen molar-refractivity contribution in [2.45, 2.75) is 25.4 Å². The third-order valence-corrected chi connectivity index (χ3v) is 4.09. The molecule has 3 heterocycles. The molecule has 1 aliphatic rings. The number of pyridine rings is 1. The van der Waals surface area contributed by atoms with Crippen LogP contribution in [0.3, 0.4) is 0 Å². The predicted octanol–water partition coefficient (Wildman–Crippen LogP) is 0.618. The molecule has 0 radical (unpaired) electrons. The molecular formula is C15H20N6O2. The molecule has 0 spiro atoms. The van der Waals surface area contributed by atoms with E-state index in [1.54, 1.807) is 18.3 Å². The van der Waals surface area contributed by atoms with Gasteiger partial charge in [-0.25, -0.2) is 9.67 Å². The maximum Gasteiger partial charge on any atom is 0.259 e. The number of hydrogen-bond donors (Lipinski definition) is 1. The molecule has 2 aromatic heterocycles. The summed E-state index contributed by atoms with van der Waals surface area (Å²) in [5.74, 6) is 0.318. The van der Waals surface area contributed by atoms with E-state index in [-0.39, 0.29) is 11.9 Å². The molecule has 23 heavy (non-hydrogen) atoms. The molecule has 0 saturated carbocycles. The van der Waals surface area contributed by atoms with Crippen LogP contribution in [0.25, 0.3) is 0 Å². The largest absolute Gasteiger partial charge is 0.480 e. The molecule has 8 nitrogen and oxygen atoms in total. The zero-order valence-corrected chi connectivity index (χ0v) is 13.1. The Bertz CT molecular complexity index is 678. The average Bonchev–Trinajstić information content (AvgIpc) is 3.10. The van der Waals surface area contributed by atoms with Gasteiger partial charge in [-0.15, -0.1) is 5.10 Å². The number of hydrogen-bond acceptors (Lipinski definition) is 6. The molecule has 2 N–H and O–H groups in total. The summed E-state index contributed by atoms with van der Waals surface area (Å²) in [6, 6.07) is 3.74. The molecule has 122 valence electrons. The lowest BCUT2D eigenvalue weighted by atomic mass is 10.0. The molecule has 0 bridgehead atoms. The predicted molar refractivity (Wildman–Crippen MR) is 82.9 cm³/mol. The van der Waals surface area contributed by atoms with E-state index < -0.39 is 0 Å². The summed E-state index contributed by atoms with van der Waals surface area (Å²) in [6.45, 7) is 1.72. The number of rotatable bonds is 4. The van der Waals surface area contributed by atoms with Crippen LogP contribution in [-0.4, -0.2) is 51.0 Å². The minimum absolute atomic E-state index is 0.0466. The van der Waals surface area contributed by atoms with Gasteiger partial charge < -0.3 is 15.4 Å². The highest BCUT2D eigenvalue weighted by Crippen LogP contribution is 2.24. The van der Waals surface area contributed by atoms with Crippen LogP contribution in [0.1, 0.15) is 34.9 Å². The monoisotopic (exact) mass is 316 g/mol. The van der Waals surface area contributed by atoms with E-state index in [0.29, 0.717) is 31.1 Å². The van der Waals surface area contributed by atoms with Crippen molar-refractivity contribution in [3.63, 3.8) is 0 Å². The van der Waals surface area contributed by atoms with Crippen molar-refractivity contribution < 1.29 is 9.53 Å². The molecule has 3 rings (SSSR count). The summed E-state index contributed by atoms with van der Waals surface area (Å²) in [6.07, 6.45) is 5.16. The highest BCUT2D eigenvalue weighted by atomic mass is 16.5. The molecule has 0 aliphatic carbocycles. The van der Waals surface area contributed by atoms with Gasteiger partial charge in [-0.05, 0) is 25.0 Å². The fourth-order valence-corrected chi connectivity index (χ4v) is 2.81. The van der Waals surface area contributed by atoms with Crippen LogP contribution in [0, 0.1) is 0 Å². The van der Waals surface area contributed by atoms with Gasteiger partial charge in [0.15, 0.2) is 0 Å². The second kappa shape index (κ2) is 6.74. The normalized spacial score (nSPS) is 15.7. The Hall–Kier alpha value is -2.48. The zero-order chi connectivity index (χ0) is 16.2. The number of methoxy groups -OCH3 is 1. The first kappa shape index (κ1) is 15.4. The summed E-state index contributed by atoms with van der Waals surface area (Å²) in [7, 11) is 1.52. The Morgan fingerprint density at radius 1 is 1.43 bits per heavy atom. The number of aromatic nitrogens is 4. The van der Waals surface area contributed by atoms with E-state index >= 15 is 0 Å². The van der Waals surface area contributed by atoms with Crippen molar-refractivity contribution in [2.75, 3.05) is 20.2 Å². The number of ether oxygens (including phenoxy) is 1. The Kier molecular flexibility index (Phi) is 4.52. The van der Waals surface area contributed by atoms with Crippen LogP contribution >= 0.6 is 0 Å². The first-order chi connectivity index (χ1) is 11.2. The maximum atomic E-state index is 12.6. The molecule has 8 heteroatoms. The molecule has 1 amide bonds. The van der Waals surface area contributed by atoms with Crippen LogP contribution in [0.4, 0.5) is 0 Å². The van der Waals surface area contributed by atoms with Gasteiger partial charge >= 0.3 is 0 Å². The van der Waals surface area contributed by atoms with E-state index in [9.17, 15) is 4.79 Å². The van der Waals surface area contributed by atoms with Crippen LogP contribution in [0.2, 0.25) is 0 Å². The van der Waals surface area contributed by atoms with E-state index in [2.05, 4.69) is 15.3 Å². The molecule has 2 aromatic rings. The molecule has 1 fully saturated rings. The highest BCUT2D eigenvalue weighted by molar-refractivity contribution is 5.96. The summed E-state index contributed by atoms with van der Waals surface area (Å²) >= 11 is 0. The first-order valence-corrected chi connectivity index (χ1v) is 7.62. The third kappa shape index (κ3) is 3.16. The first-order valence-electron chi connectivity index (χ1n) is 7.62. The van der Waals surface area contributed by atoms with Crippen molar-refractivity contribution in [1.82, 2.24) is 24.9 Å². The Labute approximate surface area is 134 Å². The summed E-state index contributed by atoms with van der Waals surface area (Å²) in [5, 5.41) is 8.14. The summed E-state index contributed by atoms with van der Waals surface area (Å²) < 4.78 is 7.03. The lowest BCUT2D eigenvalue weighted by Crippen LogP contribution is -2.39. The van der Waals surface area contributed by atoms with Gasteiger partial charge in [0.25, 0.3) is 5.91 Å². The van der Waals surface area contributed by atoms with Crippen molar-refractivity contribution >= 4 is 5.91 Å². The summed E-state index contributed by atoms with van der Waals surface area (Å²) in [4.78, 5) is 18.5. The van der Waals surface area contributed by atoms with Gasteiger partial charge in [-0.3, -0.25) is 4.79 Å². The Morgan fingerprint density at radius 2 is 2.22 bits per heavy atom. The standard InChI is InChI=1S/C15H20N6O2/c1-23-14-13(3-2-6-17-14)15(22)20-7-4-12(5-8-20)21-10-11(9-16)18-19-21/h2-3,6,10,12H,4-5,7-9,16H2,1H3. The molecule has 1 saturated heterocycles. The SMILES string of the molecule is COc1ncccc1C(=O)N1CCC(n2cc(CN)nn2)CC1. The van der Waals surface area contributed by atoms with Crippen LogP contribution in [0.5, 0.6) is 5.88 Å². The topological polar surface area (TPSA) is 99.2 Å². The number of piperidine rings is 1. The minimum Gasteiger partial charge on any atom is -0.480 e. The summed E-state index contributed by atoms with van der Waals surface area (Å²) in [5.41, 5.74) is 6.84. The van der Waals surface area contributed by atoms with Crippen molar-refractivity contribution in [1.29, 1.82) is 0 Å². The maximum absolute atomic E-state index is 12.6. The third-order valence-electron chi connectivity index (χ3n) is 4.09. The number of carbonyl (C=O) groups excluding carboxylic acids is 1. The fourth-order valence-electron chi connectivity index (χ4n) is 2.81. The molecule has 0 unspecified atom stereocenters. The second-order valence-corrected chi connectivity index (χ2v) is 5.48. The molecular weight excluding hydrogens is 296 g/mol. The van der Waals surface area contributed by atoms with Crippen molar-refractivity contribution in [2.24, 2.45) is 5.73 Å². The molecule has 0 atom stereocenters. The highest BCUT2D eigenvalue weighted by Gasteiger charge is 2.27. The Balaban J connectivity index is 1.65. The van der Waals surface area contributed by atoms with Gasteiger partial charge in [0.1, 0.15) is 5.56 Å². The number of nitrogens with zero attached hydrogens (tertiary/aromatic N) is 5. The van der Waals surface area contributed by atoms with E-state index in [0.717, 1.165) is 18.5 Å². The zero-order valence-electron chi connectivity index (χ0n) is 13.1. The second-order valence-electron chi connectivity index (χ2n) is 5.48. The molecule has 0 aromatic carbocycles. The van der Waals surface area contributed by atoms with E-state index in [1.807, 2.05) is 15.8 Å².